The fraction of sp³-hybridized carbons (Fsp3) is 0.611. The van der Waals surface area contributed by atoms with E-state index in [0.717, 1.165) is 44.1 Å². The molecule has 1 amide bonds. The van der Waals surface area contributed by atoms with Crippen molar-refractivity contribution in [2.24, 2.45) is 4.99 Å². The van der Waals surface area contributed by atoms with E-state index in [1.54, 1.807) is 0 Å². The van der Waals surface area contributed by atoms with Crippen molar-refractivity contribution < 1.29 is 4.79 Å². The van der Waals surface area contributed by atoms with E-state index in [4.69, 9.17) is 0 Å². The lowest BCUT2D eigenvalue weighted by Gasteiger charge is -2.18. The number of carbonyl (C=O) groups excluding carboxylic acids is 1. The van der Waals surface area contributed by atoms with Gasteiger partial charge in [-0.05, 0) is 38.3 Å². The van der Waals surface area contributed by atoms with Crippen LogP contribution < -0.4 is 10.6 Å². The molecule has 2 rings (SSSR count). The molecule has 1 aliphatic rings. The van der Waals surface area contributed by atoms with Gasteiger partial charge in [-0.3, -0.25) is 14.8 Å². The van der Waals surface area contributed by atoms with Crippen LogP contribution in [0, 0.1) is 6.92 Å². The maximum absolute atomic E-state index is 11.8. The van der Waals surface area contributed by atoms with Gasteiger partial charge in [0.2, 0.25) is 5.91 Å². The summed E-state index contributed by atoms with van der Waals surface area (Å²) in [6, 6.07) is 4.41. The number of hydrogen-bond acceptors (Lipinski definition) is 3. The van der Waals surface area contributed by atoms with Crippen molar-refractivity contribution in [2.45, 2.75) is 46.1 Å². The van der Waals surface area contributed by atoms with Gasteiger partial charge in [0.1, 0.15) is 0 Å². The smallest absolute Gasteiger partial charge is 0.222 e. The lowest BCUT2D eigenvalue weighted by Crippen LogP contribution is -2.45. The van der Waals surface area contributed by atoms with Crippen molar-refractivity contribution in [1.29, 1.82) is 0 Å². The molecule has 1 fully saturated rings. The number of carbonyl (C=O) groups is 1. The highest BCUT2D eigenvalue weighted by Crippen LogP contribution is 2.10. The number of rotatable bonds is 6. The zero-order chi connectivity index (χ0) is 17.4. The van der Waals surface area contributed by atoms with Gasteiger partial charge in [-0.1, -0.05) is 13.0 Å². The van der Waals surface area contributed by atoms with E-state index in [1.165, 1.54) is 5.56 Å². The molecule has 2 N–H and O–H groups in total. The molecular formula is C18H29N5O. The molecule has 132 valence electrons. The minimum Gasteiger partial charge on any atom is -0.357 e. The monoisotopic (exact) mass is 331 g/mol. The Morgan fingerprint density at radius 3 is 2.92 bits per heavy atom. The normalized spacial score (nSPS) is 17.9. The van der Waals surface area contributed by atoms with Crippen LogP contribution >= 0.6 is 0 Å². The molecule has 1 saturated heterocycles. The standard InChI is InChI=1S/C18H29N5O/c1-4-17(24)23-11-9-16(13-23)22-18(19-5-2)20-10-8-15-7-6-14(3)21-12-15/h6-7,12,16H,4-5,8-11,13H2,1-3H3,(H2,19,20,22). The molecular weight excluding hydrogens is 302 g/mol. The van der Waals surface area contributed by atoms with Crippen LogP contribution in [0.3, 0.4) is 0 Å². The molecule has 1 atom stereocenters. The minimum absolute atomic E-state index is 0.230. The number of guanidine groups is 1. The zero-order valence-electron chi connectivity index (χ0n) is 15.0. The molecule has 0 bridgehead atoms. The van der Waals surface area contributed by atoms with Gasteiger partial charge in [-0.2, -0.15) is 0 Å². The maximum Gasteiger partial charge on any atom is 0.222 e. The number of nitrogens with one attached hydrogen (secondary N) is 2. The molecule has 0 aromatic carbocycles. The number of aliphatic imine (C=N–C) groups is 1. The highest BCUT2D eigenvalue weighted by atomic mass is 16.2. The largest absolute Gasteiger partial charge is 0.357 e. The van der Waals surface area contributed by atoms with Crippen LogP contribution in [0.2, 0.25) is 0 Å². The first kappa shape index (κ1) is 18.2. The topological polar surface area (TPSA) is 69.6 Å². The maximum atomic E-state index is 11.8. The number of hydrogen-bond donors (Lipinski definition) is 2. The average molecular weight is 331 g/mol. The second-order valence-corrected chi connectivity index (χ2v) is 6.14. The van der Waals surface area contributed by atoms with E-state index in [-0.39, 0.29) is 11.9 Å². The summed E-state index contributed by atoms with van der Waals surface area (Å²) in [5, 5.41) is 6.73. The summed E-state index contributed by atoms with van der Waals surface area (Å²) in [5.41, 5.74) is 2.23. The van der Waals surface area contributed by atoms with Crippen LogP contribution in [0.1, 0.15) is 37.9 Å². The predicted octanol–water partition coefficient (Wildman–Crippen LogP) is 1.50. The number of aromatic nitrogens is 1. The molecule has 0 spiro atoms. The van der Waals surface area contributed by atoms with Crippen LogP contribution in [0.4, 0.5) is 0 Å². The van der Waals surface area contributed by atoms with Crippen molar-refractivity contribution in [1.82, 2.24) is 20.5 Å². The van der Waals surface area contributed by atoms with Gasteiger partial charge in [0.05, 0.1) is 0 Å². The lowest BCUT2D eigenvalue weighted by molar-refractivity contribution is -0.129. The fourth-order valence-corrected chi connectivity index (χ4v) is 2.78. The van der Waals surface area contributed by atoms with Gasteiger partial charge in [0.25, 0.3) is 0 Å². The second-order valence-electron chi connectivity index (χ2n) is 6.14. The van der Waals surface area contributed by atoms with E-state index >= 15 is 0 Å². The predicted molar refractivity (Wildman–Crippen MR) is 97.1 cm³/mol. The fourth-order valence-electron chi connectivity index (χ4n) is 2.78. The van der Waals surface area contributed by atoms with Gasteiger partial charge < -0.3 is 15.5 Å². The first-order chi connectivity index (χ1) is 11.6. The van der Waals surface area contributed by atoms with Gasteiger partial charge >= 0.3 is 0 Å². The van der Waals surface area contributed by atoms with Crippen LogP contribution in [-0.2, 0) is 11.2 Å². The summed E-state index contributed by atoms with van der Waals surface area (Å²) in [5.74, 6) is 1.06. The molecule has 2 heterocycles. The van der Waals surface area contributed by atoms with E-state index < -0.39 is 0 Å². The van der Waals surface area contributed by atoms with Crippen molar-refractivity contribution in [3.05, 3.63) is 29.6 Å². The number of amides is 1. The van der Waals surface area contributed by atoms with Crippen molar-refractivity contribution in [3.8, 4) is 0 Å². The third kappa shape index (κ3) is 5.51. The zero-order valence-corrected chi connectivity index (χ0v) is 15.0. The Hall–Kier alpha value is -2.11. The molecule has 0 aliphatic carbocycles. The quantitative estimate of drug-likeness (QED) is 0.612. The second kappa shape index (κ2) is 9.25. The highest BCUT2D eigenvalue weighted by molar-refractivity contribution is 5.80. The van der Waals surface area contributed by atoms with Gasteiger partial charge in [-0.25, -0.2) is 0 Å². The summed E-state index contributed by atoms with van der Waals surface area (Å²) >= 11 is 0. The summed E-state index contributed by atoms with van der Waals surface area (Å²) < 4.78 is 0. The Balaban J connectivity index is 1.84. The van der Waals surface area contributed by atoms with Crippen LogP contribution in [-0.4, -0.2) is 54.0 Å². The van der Waals surface area contributed by atoms with Crippen molar-refractivity contribution in [2.75, 3.05) is 26.2 Å². The SMILES string of the molecule is CCNC(=NCCc1ccc(C)nc1)NC1CCN(C(=O)CC)C1. The van der Waals surface area contributed by atoms with Crippen molar-refractivity contribution >= 4 is 11.9 Å². The molecule has 1 aliphatic heterocycles. The Bertz CT molecular complexity index is 555. The highest BCUT2D eigenvalue weighted by Gasteiger charge is 2.25. The Labute approximate surface area is 144 Å². The van der Waals surface area contributed by atoms with Gasteiger partial charge in [0, 0.05) is 50.5 Å². The molecule has 0 radical (unpaired) electrons. The summed E-state index contributed by atoms with van der Waals surface area (Å²) in [6.07, 6.45) is 4.33. The first-order valence-electron chi connectivity index (χ1n) is 8.86. The summed E-state index contributed by atoms with van der Waals surface area (Å²) in [7, 11) is 0. The van der Waals surface area contributed by atoms with Crippen LogP contribution in [0.5, 0.6) is 0 Å². The first-order valence-corrected chi connectivity index (χ1v) is 8.86. The van der Waals surface area contributed by atoms with Gasteiger partial charge in [-0.15, -0.1) is 0 Å². The van der Waals surface area contributed by atoms with Crippen LogP contribution in [0.25, 0.3) is 0 Å². The number of nitrogens with zero attached hydrogens (tertiary/aromatic N) is 3. The number of aryl methyl sites for hydroxylation is 1. The van der Waals surface area contributed by atoms with E-state index in [2.05, 4.69) is 33.6 Å². The molecule has 1 aromatic rings. The molecule has 1 unspecified atom stereocenters. The van der Waals surface area contributed by atoms with Gasteiger partial charge in [0.15, 0.2) is 5.96 Å². The Morgan fingerprint density at radius 2 is 2.25 bits per heavy atom. The molecule has 0 saturated carbocycles. The summed E-state index contributed by atoms with van der Waals surface area (Å²) in [6.45, 7) is 9.09. The third-order valence-corrected chi connectivity index (χ3v) is 4.17. The summed E-state index contributed by atoms with van der Waals surface area (Å²) in [4.78, 5) is 22.7. The lowest BCUT2D eigenvalue weighted by atomic mass is 10.2. The molecule has 1 aromatic heterocycles. The molecule has 24 heavy (non-hydrogen) atoms. The average Bonchev–Trinajstić information content (AvgIpc) is 3.04. The third-order valence-electron chi connectivity index (χ3n) is 4.17. The molecule has 6 nitrogen and oxygen atoms in total. The number of pyridine rings is 1. The van der Waals surface area contributed by atoms with Crippen molar-refractivity contribution in [3.63, 3.8) is 0 Å². The number of likely N-dealkylation sites (tertiary alicyclic amines) is 1. The Kier molecular flexibility index (Phi) is 7.03. The molecule has 6 heteroatoms. The van der Waals surface area contributed by atoms with E-state index in [9.17, 15) is 4.79 Å². The van der Waals surface area contributed by atoms with Crippen LogP contribution in [0.15, 0.2) is 23.3 Å². The Morgan fingerprint density at radius 1 is 1.42 bits per heavy atom. The van der Waals surface area contributed by atoms with E-state index in [1.807, 2.05) is 31.0 Å². The minimum atomic E-state index is 0.230. The van der Waals surface area contributed by atoms with E-state index in [0.29, 0.717) is 13.0 Å².